The maximum Gasteiger partial charge on any atom is 0.244 e. The Labute approximate surface area is 241 Å². The van der Waals surface area contributed by atoms with Crippen LogP contribution in [-0.4, -0.2) is 56.8 Å². The summed E-state index contributed by atoms with van der Waals surface area (Å²) in [5.41, 5.74) is 2.02. The van der Waals surface area contributed by atoms with E-state index in [9.17, 15) is 18.0 Å². The summed E-state index contributed by atoms with van der Waals surface area (Å²) < 4.78 is 37.8. The fourth-order valence-corrected chi connectivity index (χ4v) is 6.20. The zero-order valence-corrected chi connectivity index (χ0v) is 23.9. The second-order valence-corrected chi connectivity index (χ2v) is 12.4. The maximum absolute atomic E-state index is 14.2. The lowest BCUT2D eigenvalue weighted by atomic mass is 10.0. The van der Waals surface area contributed by atoms with E-state index in [2.05, 4.69) is 5.32 Å². The smallest absolute Gasteiger partial charge is 0.244 e. The van der Waals surface area contributed by atoms with E-state index < -0.39 is 28.5 Å². The number of ether oxygens (including phenoxy) is 2. The number of nitrogens with one attached hydrogen (secondary N) is 1. The number of carbonyl (C=O) groups excluding carboxylic acids is 2. The third-order valence-electron chi connectivity index (χ3n) is 7.49. The Morgan fingerprint density at radius 2 is 1.54 bits per heavy atom. The van der Waals surface area contributed by atoms with Crippen molar-refractivity contribution < 1.29 is 27.5 Å². The summed E-state index contributed by atoms with van der Waals surface area (Å²) >= 11 is 0. The monoisotopic (exact) mass is 577 g/mol. The summed E-state index contributed by atoms with van der Waals surface area (Å²) in [4.78, 5) is 29.5. The Kier molecular flexibility index (Phi) is 8.78. The van der Waals surface area contributed by atoms with E-state index in [1.54, 1.807) is 18.2 Å². The Morgan fingerprint density at radius 1 is 0.902 bits per heavy atom. The molecule has 1 aliphatic carbocycles. The van der Waals surface area contributed by atoms with Crippen molar-refractivity contribution in [3.63, 3.8) is 0 Å². The van der Waals surface area contributed by atoms with E-state index in [1.165, 1.54) is 4.90 Å². The van der Waals surface area contributed by atoms with Gasteiger partial charge in [-0.25, -0.2) is 8.42 Å². The van der Waals surface area contributed by atoms with E-state index >= 15 is 0 Å². The molecular weight excluding hydrogens is 542 g/mol. The first-order valence-corrected chi connectivity index (χ1v) is 15.7. The Balaban J connectivity index is 1.49. The van der Waals surface area contributed by atoms with Gasteiger partial charge in [0, 0.05) is 25.1 Å². The quantitative estimate of drug-likeness (QED) is 0.371. The summed E-state index contributed by atoms with van der Waals surface area (Å²) in [6.07, 6.45) is 5.27. The minimum absolute atomic E-state index is 0.0404. The highest BCUT2D eigenvalue weighted by molar-refractivity contribution is 7.92. The lowest BCUT2D eigenvalue weighted by Gasteiger charge is -2.34. The van der Waals surface area contributed by atoms with Crippen molar-refractivity contribution in [2.45, 2.75) is 50.7 Å². The van der Waals surface area contributed by atoms with Gasteiger partial charge >= 0.3 is 0 Å². The number of anilines is 1. The van der Waals surface area contributed by atoms with E-state index in [0.717, 1.165) is 47.4 Å². The number of rotatable bonds is 11. The van der Waals surface area contributed by atoms with Crippen molar-refractivity contribution in [2.24, 2.45) is 0 Å². The number of hydrogen-bond donors (Lipinski definition) is 1. The van der Waals surface area contributed by atoms with Crippen molar-refractivity contribution in [3.8, 4) is 11.5 Å². The first-order chi connectivity index (χ1) is 19.8. The number of benzene rings is 3. The Bertz CT molecular complexity index is 1460. The minimum atomic E-state index is -3.87. The van der Waals surface area contributed by atoms with Crippen molar-refractivity contribution >= 4 is 27.5 Å². The van der Waals surface area contributed by atoms with Crippen LogP contribution in [0.15, 0.2) is 78.9 Å². The second-order valence-electron chi connectivity index (χ2n) is 10.5. The van der Waals surface area contributed by atoms with Crippen LogP contribution in [-0.2, 0) is 32.6 Å². The summed E-state index contributed by atoms with van der Waals surface area (Å²) in [6.45, 7) is -0.292. The number of carbonyl (C=O) groups is 2. The topological polar surface area (TPSA) is 105 Å². The Morgan fingerprint density at radius 3 is 2.20 bits per heavy atom. The van der Waals surface area contributed by atoms with Crippen molar-refractivity contribution in [1.29, 1.82) is 0 Å². The third-order valence-corrected chi connectivity index (χ3v) is 8.63. The molecule has 1 unspecified atom stereocenters. The van der Waals surface area contributed by atoms with E-state index in [1.807, 2.05) is 60.7 Å². The fraction of sp³-hybridized carbons (Fsp3) is 0.355. The molecule has 41 heavy (non-hydrogen) atoms. The highest BCUT2D eigenvalue weighted by atomic mass is 32.2. The summed E-state index contributed by atoms with van der Waals surface area (Å²) in [5.74, 6) is 0.187. The first-order valence-electron chi connectivity index (χ1n) is 13.8. The number of nitrogens with zero attached hydrogens (tertiary/aromatic N) is 2. The van der Waals surface area contributed by atoms with Crippen LogP contribution >= 0.6 is 0 Å². The van der Waals surface area contributed by atoms with Gasteiger partial charge in [0.15, 0.2) is 11.5 Å². The molecule has 0 spiro atoms. The third kappa shape index (κ3) is 7.18. The maximum atomic E-state index is 14.2. The lowest BCUT2D eigenvalue weighted by Crippen LogP contribution is -2.54. The molecule has 3 aromatic rings. The molecule has 1 aliphatic heterocycles. The highest BCUT2D eigenvalue weighted by Crippen LogP contribution is 2.36. The van der Waals surface area contributed by atoms with Crippen LogP contribution in [0.5, 0.6) is 11.5 Å². The van der Waals surface area contributed by atoms with Crippen molar-refractivity contribution in [3.05, 3.63) is 90.0 Å². The molecule has 3 aromatic carbocycles. The molecular formula is C31H35N3O6S. The minimum Gasteiger partial charge on any atom is -0.454 e. The van der Waals surface area contributed by atoms with E-state index in [0.29, 0.717) is 17.9 Å². The van der Waals surface area contributed by atoms with Gasteiger partial charge in [0.1, 0.15) is 12.6 Å². The molecule has 216 valence electrons. The van der Waals surface area contributed by atoms with Crippen LogP contribution in [0.3, 0.4) is 0 Å². The van der Waals surface area contributed by atoms with Crippen molar-refractivity contribution in [1.82, 2.24) is 10.2 Å². The van der Waals surface area contributed by atoms with Crippen LogP contribution < -0.4 is 19.1 Å². The zero-order chi connectivity index (χ0) is 28.8. The summed E-state index contributed by atoms with van der Waals surface area (Å²) in [7, 11) is -3.87. The van der Waals surface area contributed by atoms with Gasteiger partial charge in [-0.2, -0.15) is 0 Å². The number of sulfonamides is 1. The molecule has 1 heterocycles. The van der Waals surface area contributed by atoms with Gasteiger partial charge in [0.05, 0.1) is 11.9 Å². The molecule has 1 saturated carbocycles. The summed E-state index contributed by atoms with van der Waals surface area (Å²) in [5, 5.41) is 3.17. The predicted molar refractivity (Wildman–Crippen MR) is 156 cm³/mol. The SMILES string of the molecule is CS(=O)(=O)N(CC(=O)N(Cc1ccccc1)C(Cc1ccccc1)C(=O)NC1CCCC1)c1ccc2c(c1)OCO2. The molecule has 1 N–H and O–H groups in total. The molecule has 1 fully saturated rings. The lowest BCUT2D eigenvalue weighted by molar-refractivity contribution is -0.140. The largest absolute Gasteiger partial charge is 0.454 e. The average Bonchev–Trinajstić information content (AvgIpc) is 3.65. The molecule has 0 saturated heterocycles. The molecule has 0 radical (unpaired) electrons. The van der Waals surface area contributed by atoms with Gasteiger partial charge in [-0.3, -0.25) is 13.9 Å². The van der Waals surface area contributed by atoms with Crippen LogP contribution in [0.1, 0.15) is 36.8 Å². The number of hydrogen-bond acceptors (Lipinski definition) is 6. The van der Waals surface area contributed by atoms with Gasteiger partial charge < -0.3 is 19.7 Å². The molecule has 2 amide bonds. The Hall–Kier alpha value is -4.05. The van der Waals surface area contributed by atoms with E-state index in [-0.39, 0.29) is 31.0 Å². The number of fused-ring (bicyclic) bond motifs is 1. The molecule has 2 aliphatic rings. The van der Waals surface area contributed by atoms with Crippen LogP contribution in [0.4, 0.5) is 5.69 Å². The standard InChI is InChI=1S/C31H35N3O6S/c1-41(37,38)34(26-16-17-28-29(19-26)40-22-39-28)21-30(35)33(20-24-12-6-3-7-13-24)27(18-23-10-4-2-5-11-23)31(36)32-25-14-8-9-15-25/h2-7,10-13,16-17,19,25,27H,8-9,14-15,18,20-22H2,1H3,(H,32,36). The van der Waals surface area contributed by atoms with Crippen LogP contribution in [0.25, 0.3) is 0 Å². The van der Waals surface area contributed by atoms with Crippen LogP contribution in [0.2, 0.25) is 0 Å². The normalized spacial score (nSPS) is 15.3. The van der Waals surface area contributed by atoms with Gasteiger partial charge in [-0.15, -0.1) is 0 Å². The fourth-order valence-electron chi connectivity index (χ4n) is 5.36. The van der Waals surface area contributed by atoms with Gasteiger partial charge in [-0.1, -0.05) is 73.5 Å². The van der Waals surface area contributed by atoms with Gasteiger partial charge in [0.25, 0.3) is 0 Å². The molecule has 0 aromatic heterocycles. The predicted octanol–water partition coefficient (Wildman–Crippen LogP) is 3.88. The molecule has 1 atom stereocenters. The molecule has 5 rings (SSSR count). The van der Waals surface area contributed by atoms with Gasteiger partial charge in [-0.05, 0) is 36.1 Å². The molecule has 10 heteroatoms. The first kappa shape index (κ1) is 28.5. The van der Waals surface area contributed by atoms with E-state index in [4.69, 9.17) is 9.47 Å². The zero-order valence-electron chi connectivity index (χ0n) is 23.1. The average molecular weight is 578 g/mol. The second kappa shape index (κ2) is 12.6. The number of amides is 2. The highest BCUT2D eigenvalue weighted by Gasteiger charge is 2.34. The van der Waals surface area contributed by atoms with Gasteiger partial charge in [0.2, 0.25) is 28.6 Å². The molecule has 9 nitrogen and oxygen atoms in total. The molecule has 0 bridgehead atoms. The summed E-state index contributed by atoms with van der Waals surface area (Å²) in [6, 6.07) is 22.9. The van der Waals surface area contributed by atoms with Crippen LogP contribution in [0, 0.1) is 0 Å². The van der Waals surface area contributed by atoms with Crippen molar-refractivity contribution in [2.75, 3.05) is 23.9 Å².